The van der Waals surface area contributed by atoms with Crippen molar-refractivity contribution in [2.24, 2.45) is 11.7 Å². The molecule has 6 nitrogen and oxygen atoms in total. The van der Waals surface area contributed by atoms with E-state index in [0.717, 1.165) is 29.7 Å². The molecule has 0 saturated heterocycles. The Labute approximate surface area is 132 Å². The fourth-order valence-corrected chi connectivity index (χ4v) is 4.16. The van der Waals surface area contributed by atoms with Gasteiger partial charge in [0.2, 0.25) is 5.76 Å². The number of carbonyl (C=O) groups excluding carboxylic acids is 2. The molecule has 0 spiro atoms. The molecule has 0 radical (unpaired) electrons. The maximum Gasteiger partial charge on any atom is 0.294 e. The summed E-state index contributed by atoms with van der Waals surface area (Å²) in [6, 6.07) is 0. The first-order chi connectivity index (χ1) is 10.6. The van der Waals surface area contributed by atoms with Gasteiger partial charge in [0.15, 0.2) is 0 Å². The summed E-state index contributed by atoms with van der Waals surface area (Å²) >= 11 is 1.43. The molecule has 3 rings (SSSR count). The Hall–Kier alpha value is -2.02. The Balaban J connectivity index is 1.88. The largest absolute Gasteiger partial charge is 0.494 e. The summed E-state index contributed by atoms with van der Waals surface area (Å²) in [6.45, 7) is 2.94. The molecule has 1 unspecified atom stereocenters. The van der Waals surface area contributed by atoms with E-state index in [1.807, 2.05) is 0 Å². The minimum absolute atomic E-state index is 0.112. The molecule has 0 aromatic carbocycles. The van der Waals surface area contributed by atoms with Crippen LogP contribution in [0.4, 0.5) is 5.00 Å². The van der Waals surface area contributed by atoms with Crippen molar-refractivity contribution in [3.63, 3.8) is 0 Å². The van der Waals surface area contributed by atoms with E-state index in [4.69, 9.17) is 15.2 Å². The minimum atomic E-state index is -0.503. The first-order valence-electron chi connectivity index (χ1n) is 7.26. The van der Waals surface area contributed by atoms with Crippen LogP contribution in [0.15, 0.2) is 12.0 Å². The molecule has 2 heterocycles. The summed E-state index contributed by atoms with van der Waals surface area (Å²) in [5, 5.41) is 3.25. The molecule has 1 aliphatic carbocycles. The quantitative estimate of drug-likeness (QED) is 0.888. The predicted octanol–water partition coefficient (Wildman–Crippen LogP) is 1.80. The Kier molecular flexibility index (Phi) is 4.06. The first kappa shape index (κ1) is 14.9. The van der Waals surface area contributed by atoms with Crippen LogP contribution in [-0.2, 0) is 27.1 Å². The van der Waals surface area contributed by atoms with E-state index in [1.54, 1.807) is 0 Å². The highest BCUT2D eigenvalue weighted by atomic mass is 32.1. The molecule has 1 atom stereocenters. The van der Waals surface area contributed by atoms with Crippen LogP contribution in [0.3, 0.4) is 0 Å². The van der Waals surface area contributed by atoms with E-state index in [0.29, 0.717) is 29.7 Å². The molecule has 0 fully saturated rings. The van der Waals surface area contributed by atoms with Crippen molar-refractivity contribution in [1.29, 1.82) is 0 Å². The lowest BCUT2D eigenvalue weighted by Crippen LogP contribution is -2.23. The molecular formula is C15H18N2O4S. The highest BCUT2D eigenvalue weighted by Crippen LogP contribution is 2.39. The van der Waals surface area contributed by atoms with Crippen molar-refractivity contribution in [3.05, 3.63) is 28.0 Å². The van der Waals surface area contributed by atoms with Crippen molar-refractivity contribution < 1.29 is 19.1 Å². The summed E-state index contributed by atoms with van der Waals surface area (Å²) in [6.07, 6.45) is 4.06. The van der Waals surface area contributed by atoms with Gasteiger partial charge in [-0.3, -0.25) is 9.59 Å². The van der Waals surface area contributed by atoms with Gasteiger partial charge >= 0.3 is 0 Å². The van der Waals surface area contributed by atoms with Crippen LogP contribution >= 0.6 is 11.3 Å². The molecular weight excluding hydrogens is 304 g/mol. The lowest BCUT2D eigenvalue weighted by molar-refractivity contribution is -0.117. The molecule has 2 aliphatic rings. The summed E-state index contributed by atoms with van der Waals surface area (Å²) in [5.41, 5.74) is 6.95. The number of amides is 2. The number of hydrogen-bond acceptors (Lipinski definition) is 5. The van der Waals surface area contributed by atoms with Gasteiger partial charge in [0.1, 0.15) is 24.5 Å². The van der Waals surface area contributed by atoms with E-state index in [1.165, 1.54) is 17.6 Å². The van der Waals surface area contributed by atoms with Gasteiger partial charge in [-0.1, -0.05) is 6.92 Å². The Morgan fingerprint density at radius 2 is 2.23 bits per heavy atom. The van der Waals surface area contributed by atoms with Gasteiger partial charge in [0.05, 0.1) is 5.56 Å². The fraction of sp³-hybridized carbons (Fsp3) is 0.467. The lowest BCUT2D eigenvalue weighted by atomic mass is 9.88. The number of anilines is 1. The predicted molar refractivity (Wildman–Crippen MR) is 82.6 cm³/mol. The molecule has 1 aromatic rings. The van der Waals surface area contributed by atoms with Crippen LogP contribution < -0.4 is 11.1 Å². The van der Waals surface area contributed by atoms with Crippen LogP contribution in [0, 0.1) is 5.92 Å². The molecule has 0 bridgehead atoms. The maximum atomic E-state index is 12.2. The number of thiophene rings is 1. The summed E-state index contributed by atoms with van der Waals surface area (Å²) < 4.78 is 10.3. The van der Waals surface area contributed by atoms with Gasteiger partial charge in [0, 0.05) is 4.88 Å². The van der Waals surface area contributed by atoms with E-state index in [9.17, 15) is 9.59 Å². The van der Waals surface area contributed by atoms with Crippen LogP contribution in [0.1, 0.15) is 34.1 Å². The van der Waals surface area contributed by atoms with Crippen LogP contribution in [0.2, 0.25) is 0 Å². The molecule has 0 saturated carbocycles. The van der Waals surface area contributed by atoms with Gasteiger partial charge < -0.3 is 20.5 Å². The van der Waals surface area contributed by atoms with Gasteiger partial charge in [-0.15, -0.1) is 11.3 Å². The van der Waals surface area contributed by atoms with Crippen LogP contribution in [0.25, 0.3) is 0 Å². The number of fused-ring (bicyclic) bond motifs is 1. The Bertz CT molecular complexity index is 650. The molecule has 22 heavy (non-hydrogen) atoms. The summed E-state index contributed by atoms with van der Waals surface area (Å²) in [5.74, 6) is -0.236. The summed E-state index contributed by atoms with van der Waals surface area (Å²) in [4.78, 5) is 25.1. The molecule has 7 heteroatoms. The Morgan fingerprint density at radius 3 is 2.91 bits per heavy atom. The van der Waals surface area contributed by atoms with Gasteiger partial charge in [-0.05, 0) is 30.7 Å². The molecule has 3 N–H and O–H groups in total. The van der Waals surface area contributed by atoms with E-state index < -0.39 is 11.8 Å². The Morgan fingerprint density at radius 1 is 1.41 bits per heavy atom. The van der Waals surface area contributed by atoms with Crippen molar-refractivity contribution in [1.82, 2.24) is 0 Å². The minimum Gasteiger partial charge on any atom is -0.494 e. The second-order valence-electron chi connectivity index (χ2n) is 5.58. The number of primary amides is 1. The van der Waals surface area contributed by atoms with Gasteiger partial charge in [-0.2, -0.15) is 0 Å². The number of ether oxygens (including phenoxy) is 2. The SMILES string of the molecule is CC1CCc2c(sc(NC(=O)C3=COCCO3)c2C(N)=O)C1. The smallest absolute Gasteiger partial charge is 0.294 e. The molecule has 1 aromatic heterocycles. The second-order valence-corrected chi connectivity index (χ2v) is 6.68. The van der Waals surface area contributed by atoms with E-state index >= 15 is 0 Å². The van der Waals surface area contributed by atoms with Gasteiger partial charge in [-0.25, -0.2) is 0 Å². The second kappa shape index (κ2) is 6.00. The summed E-state index contributed by atoms with van der Waals surface area (Å²) in [7, 11) is 0. The number of nitrogens with one attached hydrogen (secondary N) is 1. The van der Waals surface area contributed by atoms with Crippen LogP contribution in [0.5, 0.6) is 0 Å². The third-order valence-corrected chi connectivity index (χ3v) is 5.03. The van der Waals surface area contributed by atoms with Crippen LogP contribution in [-0.4, -0.2) is 25.0 Å². The average Bonchev–Trinajstić information content (AvgIpc) is 2.85. The number of hydrogen-bond donors (Lipinski definition) is 2. The number of nitrogens with two attached hydrogens (primary N) is 1. The van der Waals surface area contributed by atoms with Crippen molar-refractivity contribution >= 4 is 28.2 Å². The molecule has 118 valence electrons. The highest BCUT2D eigenvalue weighted by molar-refractivity contribution is 7.17. The lowest BCUT2D eigenvalue weighted by Gasteiger charge is -2.18. The zero-order valence-corrected chi connectivity index (χ0v) is 13.1. The van der Waals surface area contributed by atoms with E-state index in [2.05, 4.69) is 12.2 Å². The number of carbonyl (C=O) groups is 2. The zero-order valence-electron chi connectivity index (χ0n) is 12.3. The monoisotopic (exact) mass is 322 g/mol. The number of rotatable bonds is 3. The normalized spacial score (nSPS) is 20.2. The topological polar surface area (TPSA) is 90.7 Å². The zero-order chi connectivity index (χ0) is 15.7. The average molecular weight is 322 g/mol. The van der Waals surface area contributed by atoms with Crippen molar-refractivity contribution in [2.75, 3.05) is 18.5 Å². The van der Waals surface area contributed by atoms with Crippen molar-refractivity contribution in [3.8, 4) is 0 Å². The van der Waals surface area contributed by atoms with Crippen molar-refractivity contribution in [2.45, 2.75) is 26.2 Å². The van der Waals surface area contributed by atoms with E-state index in [-0.39, 0.29) is 5.76 Å². The standard InChI is InChI=1S/C15H18N2O4S/c1-8-2-3-9-11(6-8)22-15(12(9)13(16)18)17-14(19)10-7-20-4-5-21-10/h7-8H,2-6H2,1H3,(H2,16,18)(H,17,19). The fourth-order valence-electron chi connectivity index (χ4n) is 2.75. The third-order valence-electron chi connectivity index (χ3n) is 3.86. The first-order valence-corrected chi connectivity index (χ1v) is 8.08. The van der Waals surface area contributed by atoms with Gasteiger partial charge in [0.25, 0.3) is 11.8 Å². The third kappa shape index (κ3) is 2.81. The highest BCUT2D eigenvalue weighted by Gasteiger charge is 2.28. The maximum absolute atomic E-state index is 12.2. The molecule has 1 aliphatic heterocycles. The molecule has 2 amide bonds.